The molecule has 2 aromatic rings. The number of nitrogens with zero attached hydrogens (tertiary/aromatic N) is 1. The highest BCUT2D eigenvalue weighted by atomic mass is 32.2. The van der Waals surface area contributed by atoms with Crippen LogP contribution >= 0.6 is 0 Å². The average molecular weight is 430 g/mol. The fraction of sp³-hybridized carbons (Fsp3) is 0.435. The van der Waals surface area contributed by atoms with Crippen LogP contribution in [0.15, 0.2) is 53.4 Å². The van der Waals surface area contributed by atoms with E-state index in [1.165, 1.54) is 25.5 Å². The number of rotatable bonds is 8. The van der Waals surface area contributed by atoms with Gasteiger partial charge in [0.1, 0.15) is 0 Å². The van der Waals surface area contributed by atoms with E-state index in [0.717, 1.165) is 36.8 Å². The predicted molar refractivity (Wildman–Crippen MR) is 120 cm³/mol. The lowest BCUT2D eigenvalue weighted by molar-refractivity contribution is -0.116. The maximum Gasteiger partial charge on any atom is 0.240 e. The molecule has 0 bridgehead atoms. The van der Waals surface area contributed by atoms with Crippen molar-refractivity contribution in [3.8, 4) is 0 Å². The van der Waals surface area contributed by atoms with Gasteiger partial charge in [0.25, 0.3) is 0 Å². The molecular formula is C23H31N3O3S. The minimum Gasteiger partial charge on any atom is -0.326 e. The van der Waals surface area contributed by atoms with Crippen molar-refractivity contribution < 1.29 is 13.2 Å². The minimum atomic E-state index is -3.44. The molecule has 7 heteroatoms. The summed E-state index contributed by atoms with van der Waals surface area (Å²) in [4.78, 5) is 15.0. The van der Waals surface area contributed by atoms with Crippen molar-refractivity contribution in [2.75, 3.05) is 25.5 Å². The second kappa shape index (κ2) is 10.2. The molecule has 30 heavy (non-hydrogen) atoms. The molecule has 0 radical (unpaired) electrons. The van der Waals surface area contributed by atoms with Crippen LogP contribution in [-0.2, 0) is 27.8 Å². The van der Waals surface area contributed by atoms with Crippen molar-refractivity contribution in [3.05, 3.63) is 59.7 Å². The summed E-state index contributed by atoms with van der Waals surface area (Å²) in [6.07, 6.45) is 3.48. The van der Waals surface area contributed by atoms with Gasteiger partial charge < -0.3 is 5.32 Å². The fourth-order valence-electron chi connectivity index (χ4n) is 3.82. The largest absolute Gasteiger partial charge is 0.326 e. The van der Waals surface area contributed by atoms with Crippen LogP contribution in [0.25, 0.3) is 0 Å². The van der Waals surface area contributed by atoms with Crippen molar-refractivity contribution in [2.24, 2.45) is 5.92 Å². The number of amides is 1. The first-order chi connectivity index (χ1) is 14.4. The minimum absolute atomic E-state index is 0.0560. The van der Waals surface area contributed by atoms with E-state index in [-0.39, 0.29) is 10.8 Å². The predicted octanol–water partition coefficient (Wildman–Crippen LogP) is 3.40. The number of likely N-dealkylation sites (tertiary alicyclic amines) is 1. The van der Waals surface area contributed by atoms with Crippen LogP contribution in [0, 0.1) is 5.92 Å². The Bertz CT molecular complexity index is 941. The Hall–Kier alpha value is -2.22. The van der Waals surface area contributed by atoms with Crippen molar-refractivity contribution in [1.82, 2.24) is 9.62 Å². The van der Waals surface area contributed by atoms with E-state index in [9.17, 15) is 13.2 Å². The van der Waals surface area contributed by atoms with Gasteiger partial charge in [-0.3, -0.25) is 9.69 Å². The Balaban J connectivity index is 1.46. The Morgan fingerprint density at radius 2 is 1.73 bits per heavy atom. The zero-order chi connectivity index (χ0) is 21.6. The normalized spacial score (nSPS) is 17.6. The van der Waals surface area contributed by atoms with E-state index in [4.69, 9.17) is 0 Å². The molecule has 1 aliphatic rings. The average Bonchev–Trinajstić information content (AvgIpc) is 2.74. The van der Waals surface area contributed by atoms with Crippen LogP contribution in [0.4, 0.5) is 5.69 Å². The number of piperidine rings is 1. The van der Waals surface area contributed by atoms with E-state index in [1.807, 2.05) is 12.1 Å². The Morgan fingerprint density at radius 1 is 1.07 bits per heavy atom. The molecule has 1 unspecified atom stereocenters. The Labute approximate surface area is 179 Å². The standard InChI is InChI=1S/C23H31N3O3S/c1-18-4-3-15-26(16-18)17-20-5-10-21(11-6-20)25-23(27)14-9-19-7-12-22(13-8-19)30(28,29)24-2/h5-8,10-13,18,24H,3-4,9,14-17H2,1-2H3,(H,25,27). The summed E-state index contributed by atoms with van der Waals surface area (Å²) in [5, 5.41) is 2.94. The molecular weight excluding hydrogens is 398 g/mol. The molecule has 0 aliphatic carbocycles. The van der Waals surface area contributed by atoms with Crippen LogP contribution in [-0.4, -0.2) is 39.4 Å². The molecule has 162 valence electrons. The number of hydrogen-bond donors (Lipinski definition) is 2. The summed E-state index contributed by atoms with van der Waals surface area (Å²) < 4.78 is 25.8. The van der Waals surface area contributed by atoms with E-state index < -0.39 is 10.0 Å². The molecule has 3 rings (SSSR count). The fourth-order valence-corrected chi connectivity index (χ4v) is 4.55. The summed E-state index contributed by atoms with van der Waals surface area (Å²) in [5.74, 6) is 0.709. The number of carbonyl (C=O) groups excluding carboxylic acids is 1. The highest BCUT2D eigenvalue weighted by molar-refractivity contribution is 7.89. The third-order valence-corrected chi connectivity index (χ3v) is 6.96. The molecule has 1 aliphatic heterocycles. The molecule has 2 N–H and O–H groups in total. The summed E-state index contributed by atoms with van der Waals surface area (Å²) in [6, 6.07) is 14.7. The second-order valence-corrected chi connectivity index (χ2v) is 9.97. The summed E-state index contributed by atoms with van der Waals surface area (Å²) in [7, 11) is -2.05. The molecule has 1 atom stereocenters. The zero-order valence-electron chi connectivity index (χ0n) is 17.7. The van der Waals surface area contributed by atoms with Gasteiger partial charge in [-0.1, -0.05) is 31.2 Å². The van der Waals surface area contributed by atoms with Gasteiger partial charge in [0, 0.05) is 25.2 Å². The van der Waals surface area contributed by atoms with Crippen LogP contribution < -0.4 is 10.0 Å². The number of aryl methyl sites for hydroxylation is 1. The third kappa shape index (κ3) is 6.39. The van der Waals surface area contributed by atoms with Crippen LogP contribution in [0.2, 0.25) is 0 Å². The molecule has 0 saturated carbocycles. The molecule has 6 nitrogen and oxygen atoms in total. The van der Waals surface area contributed by atoms with Crippen molar-refractivity contribution in [3.63, 3.8) is 0 Å². The van der Waals surface area contributed by atoms with Crippen molar-refractivity contribution >= 4 is 21.6 Å². The molecule has 1 fully saturated rings. The lowest BCUT2D eigenvalue weighted by Gasteiger charge is -2.30. The topological polar surface area (TPSA) is 78.5 Å². The highest BCUT2D eigenvalue weighted by Gasteiger charge is 2.16. The second-order valence-electron chi connectivity index (χ2n) is 8.08. The number of nitrogens with one attached hydrogen (secondary N) is 2. The van der Waals surface area contributed by atoms with Gasteiger partial charge in [-0.05, 0) is 74.2 Å². The van der Waals surface area contributed by atoms with E-state index in [1.54, 1.807) is 24.3 Å². The number of carbonyl (C=O) groups is 1. The van der Waals surface area contributed by atoms with Gasteiger partial charge in [-0.15, -0.1) is 0 Å². The monoisotopic (exact) mass is 429 g/mol. The number of sulfonamides is 1. The maximum atomic E-state index is 12.3. The molecule has 0 spiro atoms. The SMILES string of the molecule is CNS(=O)(=O)c1ccc(CCC(=O)Nc2ccc(CN3CCCC(C)C3)cc2)cc1. The first-order valence-electron chi connectivity index (χ1n) is 10.5. The van der Waals surface area contributed by atoms with Crippen LogP contribution in [0.1, 0.15) is 37.3 Å². The van der Waals surface area contributed by atoms with E-state index in [0.29, 0.717) is 12.8 Å². The van der Waals surface area contributed by atoms with Crippen LogP contribution in [0.3, 0.4) is 0 Å². The number of benzene rings is 2. The van der Waals surface area contributed by atoms with Gasteiger partial charge in [0.05, 0.1) is 4.90 Å². The molecule has 1 amide bonds. The lowest BCUT2D eigenvalue weighted by atomic mass is 10.00. The first kappa shape index (κ1) is 22.5. The Morgan fingerprint density at radius 3 is 2.37 bits per heavy atom. The molecule has 1 heterocycles. The molecule has 0 aromatic heterocycles. The molecule has 1 saturated heterocycles. The number of hydrogen-bond acceptors (Lipinski definition) is 4. The van der Waals surface area contributed by atoms with Gasteiger partial charge in [0.2, 0.25) is 15.9 Å². The Kier molecular flexibility index (Phi) is 7.64. The van der Waals surface area contributed by atoms with Crippen molar-refractivity contribution in [1.29, 1.82) is 0 Å². The first-order valence-corrected chi connectivity index (χ1v) is 12.0. The summed E-state index contributed by atoms with van der Waals surface area (Å²) in [5.41, 5.74) is 2.98. The van der Waals surface area contributed by atoms with E-state index >= 15 is 0 Å². The van der Waals surface area contributed by atoms with E-state index in [2.05, 4.69) is 34.0 Å². The smallest absolute Gasteiger partial charge is 0.240 e. The van der Waals surface area contributed by atoms with Crippen molar-refractivity contribution in [2.45, 2.75) is 44.0 Å². The lowest BCUT2D eigenvalue weighted by Crippen LogP contribution is -2.33. The third-order valence-electron chi connectivity index (χ3n) is 5.53. The van der Waals surface area contributed by atoms with Gasteiger partial charge >= 0.3 is 0 Å². The van der Waals surface area contributed by atoms with Gasteiger partial charge in [-0.2, -0.15) is 0 Å². The van der Waals surface area contributed by atoms with Crippen LogP contribution in [0.5, 0.6) is 0 Å². The quantitative estimate of drug-likeness (QED) is 0.674. The maximum absolute atomic E-state index is 12.3. The zero-order valence-corrected chi connectivity index (χ0v) is 18.5. The molecule has 2 aromatic carbocycles. The van der Waals surface area contributed by atoms with Gasteiger partial charge in [-0.25, -0.2) is 13.1 Å². The number of anilines is 1. The summed E-state index contributed by atoms with van der Waals surface area (Å²) >= 11 is 0. The van der Waals surface area contributed by atoms with Gasteiger partial charge in [0.15, 0.2) is 0 Å². The highest BCUT2D eigenvalue weighted by Crippen LogP contribution is 2.19. The summed E-state index contributed by atoms with van der Waals surface area (Å²) in [6.45, 7) is 5.58.